The lowest BCUT2D eigenvalue weighted by atomic mass is 9.73. The van der Waals surface area contributed by atoms with E-state index in [1.165, 1.54) is 24.8 Å². The van der Waals surface area contributed by atoms with E-state index in [1.807, 2.05) is 52.0 Å². The fraction of sp³-hybridized carbons (Fsp3) is 0.516. The molecule has 0 aliphatic heterocycles. The number of aromatic nitrogens is 1. The fourth-order valence-corrected chi connectivity index (χ4v) is 5.87. The Hall–Kier alpha value is -2.64. The maximum absolute atomic E-state index is 12.5. The van der Waals surface area contributed by atoms with Gasteiger partial charge in [-0.1, -0.05) is 49.6 Å². The topological polar surface area (TPSA) is 63.0 Å². The fourth-order valence-electron chi connectivity index (χ4n) is 5.62. The molecule has 1 aromatic heterocycles. The summed E-state index contributed by atoms with van der Waals surface area (Å²) in [7, 11) is 0. The van der Waals surface area contributed by atoms with Gasteiger partial charge >= 0.3 is 5.97 Å². The molecule has 5 heteroatoms. The summed E-state index contributed by atoms with van der Waals surface area (Å²) in [6.45, 7) is 7.84. The van der Waals surface area contributed by atoms with Crippen LogP contribution < -0.4 is 0 Å². The number of allylic oxidation sites excluding steroid dienone is 1. The second kappa shape index (κ2) is 11.2. The number of rotatable bonds is 5. The van der Waals surface area contributed by atoms with Crippen LogP contribution in [0, 0.1) is 35.0 Å². The third-order valence-corrected chi connectivity index (χ3v) is 8.03. The normalized spacial score (nSPS) is 22.7. The third kappa shape index (κ3) is 6.56. The molecule has 0 amide bonds. The second-order valence-corrected chi connectivity index (χ2v) is 11.9. The van der Waals surface area contributed by atoms with Crippen LogP contribution >= 0.6 is 11.6 Å². The molecule has 0 N–H and O–H groups in total. The molecule has 2 aliphatic carbocycles. The first kappa shape index (κ1) is 26.4. The summed E-state index contributed by atoms with van der Waals surface area (Å²) >= 11 is 6.57. The highest BCUT2D eigenvalue weighted by molar-refractivity contribution is 6.32. The number of aryl methyl sites for hydroxylation is 1. The number of halogens is 1. The zero-order valence-electron chi connectivity index (χ0n) is 21.9. The Kier molecular flexibility index (Phi) is 8.20. The van der Waals surface area contributed by atoms with Crippen molar-refractivity contribution in [2.45, 2.75) is 78.2 Å². The van der Waals surface area contributed by atoms with Gasteiger partial charge in [0, 0.05) is 5.56 Å². The van der Waals surface area contributed by atoms with E-state index in [4.69, 9.17) is 26.6 Å². The number of ether oxygens (including phenoxy) is 1. The molecule has 1 heterocycles. The average Bonchev–Trinajstić information content (AvgIpc) is 3.04. The van der Waals surface area contributed by atoms with Crippen LogP contribution in [0.15, 0.2) is 36.4 Å². The molecule has 190 valence electrons. The number of carbonyl (C=O) groups excluding carboxylic acids is 1. The van der Waals surface area contributed by atoms with Crippen molar-refractivity contribution in [2.75, 3.05) is 0 Å². The highest BCUT2D eigenvalue weighted by Gasteiger charge is 2.32. The molecule has 1 saturated carbocycles. The SMILES string of the molecule is CC(C(=O)OC(C)(C)C)C1CCC(CC2C=Cc3nc(Cl)c(-c4ccc(C#N)cc4)cc3CC2)CC1. The molecule has 1 fully saturated rings. The molecule has 2 unspecified atom stereocenters. The monoisotopic (exact) mass is 504 g/mol. The molecule has 0 bridgehead atoms. The predicted molar refractivity (Wildman–Crippen MR) is 145 cm³/mol. The van der Waals surface area contributed by atoms with Gasteiger partial charge in [0.2, 0.25) is 0 Å². The number of esters is 1. The molecule has 0 spiro atoms. The third-order valence-electron chi connectivity index (χ3n) is 7.74. The molecule has 4 rings (SSSR count). The van der Waals surface area contributed by atoms with Crippen LogP contribution in [0.5, 0.6) is 0 Å². The maximum Gasteiger partial charge on any atom is 0.309 e. The van der Waals surface area contributed by atoms with E-state index in [1.54, 1.807) is 0 Å². The first-order chi connectivity index (χ1) is 17.1. The van der Waals surface area contributed by atoms with Gasteiger partial charge in [-0.2, -0.15) is 5.26 Å². The Balaban J connectivity index is 1.34. The number of nitrogens with zero attached hydrogens (tertiary/aromatic N) is 2. The van der Waals surface area contributed by atoms with Gasteiger partial charge < -0.3 is 4.74 Å². The summed E-state index contributed by atoms with van der Waals surface area (Å²) in [6, 6.07) is 11.8. The van der Waals surface area contributed by atoms with Gasteiger partial charge in [0.15, 0.2) is 0 Å². The van der Waals surface area contributed by atoms with E-state index in [2.05, 4.69) is 24.3 Å². The van der Waals surface area contributed by atoms with Gasteiger partial charge in [0.1, 0.15) is 10.8 Å². The maximum atomic E-state index is 12.5. The van der Waals surface area contributed by atoms with Crippen molar-refractivity contribution < 1.29 is 9.53 Å². The molecule has 0 saturated heterocycles. The van der Waals surface area contributed by atoms with Crippen molar-refractivity contribution in [2.24, 2.45) is 23.7 Å². The van der Waals surface area contributed by atoms with E-state index < -0.39 is 5.60 Å². The lowest BCUT2D eigenvalue weighted by molar-refractivity contribution is -0.161. The minimum Gasteiger partial charge on any atom is -0.460 e. The predicted octanol–water partition coefficient (Wildman–Crippen LogP) is 8.02. The van der Waals surface area contributed by atoms with E-state index in [0.29, 0.717) is 28.5 Å². The molecule has 1 aromatic carbocycles. The zero-order valence-corrected chi connectivity index (χ0v) is 22.6. The van der Waals surface area contributed by atoms with Crippen LogP contribution in [-0.4, -0.2) is 16.6 Å². The number of carbonyl (C=O) groups is 1. The van der Waals surface area contributed by atoms with Crippen molar-refractivity contribution >= 4 is 23.6 Å². The van der Waals surface area contributed by atoms with Gasteiger partial charge in [-0.25, -0.2) is 4.98 Å². The molecule has 2 aliphatic rings. The van der Waals surface area contributed by atoms with Gasteiger partial charge in [0.25, 0.3) is 0 Å². The van der Waals surface area contributed by atoms with Crippen LogP contribution in [0.4, 0.5) is 0 Å². The number of nitriles is 1. The standard InChI is InChI=1S/C31H37ClN2O2/c1-20(30(35)36-31(2,3)4)24-11-5-21(6-12-24)17-22-7-15-26-18-27(29(32)34-28(26)16-10-22)25-13-8-23(19-33)9-14-25/h8-10,13-14,16,18,20-22,24H,5-7,11-12,15,17H2,1-4H3. The Morgan fingerprint density at radius 1 is 1.17 bits per heavy atom. The van der Waals surface area contributed by atoms with Gasteiger partial charge in [0.05, 0.1) is 23.2 Å². The van der Waals surface area contributed by atoms with Crippen molar-refractivity contribution in [3.05, 3.63) is 58.4 Å². The van der Waals surface area contributed by atoms with Gasteiger partial charge in [-0.05, 0) is 106 Å². The smallest absolute Gasteiger partial charge is 0.309 e. The molecule has 36 heavy (non-hydrogen) atoms. The van der Waals surface area contributed by atoms with Crippen LogP contribution in [0.25, 0.3) is 17.2 Å². The Morgan fingerprint density at radius 3 is 2.50 bits per heavy atom. The summed E-state index contributed by atoms with van der Waals surface area (Å²) in [5.74, 6) is 1.58. The quantitative estimate of drug-likeness (QED) is 0.305. The molecule has 0 radical (unpaired) electrons. The highest BCUT2D eigenvalue weighted by atomic mass is 35.5. The minimum atomic E-state index is -0.423. The van der Waals surface area contributed by atoms with Crippen molar-refractivity contribution in [1.82, 2.24) is 4.98 Å². The van der Waals surface area contributed by atoms with Crippen LogP contribution in [0.2, 0.25) is 5.15 Å². The van der Waals surface area contributed by atoms with Crippen LogP contribution in [0.1, 0.15) is 83.0 Å². The van der Waals surface area contributed by atoms with Crippen LogP contribution in [0.3, 0.4) is 0 Å². The van der Waals surface area contributed by atoms with Gasteiger partial charge in [-0.3, -0.25) is 4.79 Å². The second-order valence-electron chi connectivity index (χ2n) is 11.6. The summed E-state index contributed by atoms with van der Waals surface area (Å²) in [5.41, 5.74) is 4.31. The Labute approximate surface area is 220 Å². The Bertz CT molecular complexity index is 1150. The van der Waals surface area contributed by atoms with E-state index >= 15 is 0 Å². The van der Waals surface area contributed by atoms with E-state index in [9.17, 15) is 4.79 Å². The van der Waals surface area contributed by atoms with Crippen LogP contribution in [-0.2, 0) is 16.0 Å². The van der Waals surface area contributed by atoms with E-state index in [-0.39, 0.29) is 11.9 Å². The van der Waals surface area contributed by atoms with Crippen molar-refractivity contribution in [3.8, 4) is 17.2 Å². The van der Waals surface area contributed by atoms with Crippen molar-refractivity contribution in [3.63, 3.8) is 0 Å². The average molecular weight is 505 g/mol. The summed E-state index contributed by atoms with van der Waals surface area (Å²) in [5, 5.41) is 9.57. The highest BCUT2D eigenvalue weighted by Crippen LogP contribution is 2.39. The molecular weight excluding hydrogens is 468 g/mol. The molecule has 2 atom stereocenters. The number of hydrogen-bond acceptors (Lipinski definition) is 4. The van der Waals surface area contributed by atoms with Gasteiger partial charge in [-0.15, -0.1) is 0 Å². The number of hydrogen-bond donors (Lipinski definition) is 0. The lowest BCUT2D eigenvalue weighted by Gasteiger charge is -2.33. The largest absolute Gasteiger partial charge is 0.460 e. The summed E-state index contributed by atoms with van der Waals surface area (Å²) < 4.78 is 5.62. The number of pyridine rings is 1. The minimum absolute atomic E-state index is 0.0291. The summed E-state index contributed by atoms with van der Waals surface area (Å²) in [4.78, 5) is 17.2. The summed E-state index contributed by atoms with van der Waals surface area (Å²) in [6.07, 6.45) is 12.3. The zero-order chi connectivity index (χ0) is 25.9. The first-order valence-corrected chi connectivity index (χ1v) is 13.6. The molecule has 4 nitrogen and oxygen atoms in total. The first-order valence-electron chi connectivity index (χ1n) is 13.2. The number of benzene rings is 1. The molecule has 2 aromatic rings. The lowest BCUT2D eigenvalue weighted by Crippen LogP contribution is -2.32. The van der Waals surface area contributed by atoms with Crippen molar-refractivity contribution in [1.29, 1.82) is 5.26 Å². The number of fused-ring (bicyclic) bond motifs is 1. The van der Waals surface area contributed by atoms with E-state index in [0.717, 1.165) is 42.5 Å². The molecular formula is C31H37ClN2O2. The Morgan fingerprint density at radius 2 is 1.86 bits per heavy atom.